The second-order valence-electron chi connectivity index (χ2n) is 8.00. The van der Waals surface area contributed by atoms with E-state index in [9.17, 15) is 27.9 Å². The van der Waals surface area contributed by atoms with Gasteiger partial charge in [0.25, 0.3) is 5.91 Å². The Morgan fingerprint density at radius 2 is 1.68 bits per heavy atom. The Labute approximate surface area is 215 Å². The molecular weight excluding hydrogens is 511 g/mol. The third-order valence-electron chi connectivity index (χ3n) is 5.37. The number of carboxylic acid groups (broad SMARTS) is 2. The number of anilines is 2. The first kappa shape index (κ1) is 29.7. The van der Waals surface area contributed by atoms with Gasteiger partial charge in [-0.25, -0.2) is 9.59 Å². The number of rotatable bonds is 8. The molecule has 2 aromatic carbocycles. The number of alkyl halides is 3. The van der Waals surface area contributed by atoms with Crippen molar-refractivity contribution in [3.05, 3.63) is 70.6 Å². The molecule has 0 bridgehead atoms. The van der Waals surface area contributed by atoms with E-state index in [0.29, 0.717) is 35.7 Å². The van der Waals surface area contributed by atoms with Gasteiger partial charge < -0.3 is 29.7 Å². The number of aliphatic carboxylic acids is 1. The maximum absolute atomic E-state index is 12.5. The fourth-order valence-corrected chi connectivity index (χ4v) is 3.32. The number of methoxy groups -OCH3 is 1. The molecule has 0 radical (unpaired) electrons. The lowest BCUT2D eigenvalue weighted by molar-refractivity contribution is -0.192. The first-order chi connectivity index (χ1) is 17.7. The number of likely N-dealkylation sites (N-methyl/N-ethyl adjacent to an activating group) is 1. The first-order valence-electron chi connectivity index (χ1n) is 11.0. The van der Waals surface area contributed by atoms with Crippen LogP contribution in [0.4, 0.5) is 24.5 Å². The second kappa shape index (κ2) is 12.6. The lowest BCUT2D eigenvalue weighted by Gasteiger charge is -2.22. The number of aryl methyl sites for hydroxylation is 2. The van der Waals surface area contributed by atoms with Gasteiger partial charge in [-0.3, -0.25) is 4.79 Å². The third kappa shape index (κ3) is 7.98. The molecular formula is C25H26F3N3O7. The molecule has 10 nitrogen and oxygen atoms in total. The smallest absolute Gasteiger partial charge is 0.490 e. The van der Waals surface area contributed by atoms with Crippen LogP contribution in [0.5, 0.6) is 5.75 Å². The number of aromatic nitrogens is 1. The summed E-state index contributed by atoms with van der Waals surface area (Å²) in [4.78, 5) is 35.1. The fourth-order valence-electron chi connectivity index (χ4n) is 3.32. The van der Waals surface area contributed by atoms with Crippen LogP contribution < -0.4 is 15.0 Å². The van der Waals surface area contributed by atoms with E-state index >= 15 is 0 Å². The van der Waals surface area contributed by atoms with Crippen molar-refractivity contribution in [3.63, 3.8) is 0 Å². The van der Waals surface area contributed by atoms with E-state index in [1.54, 1.807) is 43.5 Å². The van der Waals surface area contributed by atoms with Gasteiger partial charge in [0.15, 0.2) is 0 Å². The Morgan fingerprint density at radius 1 is 1.08 bits per heavy atom. The summed E-state index contributed by atoms with van der Waals surface area (Å²) in [7, 11) is 3.38. The monoisotopic (exact) mass is 537 g/mol. The SMILES string of the molecule is COc1ccc(C(=O)Nc2ccc(N(C)CCc3c(C)noc3C)c(C(=O)O)c2)cc1.O=C(O)C(F)(F)F. The molecule has 204 valence electrons. The fraction of sp³-hybridized carbons (Fsp3) is 0.280. The largest absolute Gasteiger partial charge is 0.497 e. The van der Waals surface area contributed by atoms with Gasteiger partial charge in [-0.1, -0.05) is 5.16 Å². The molecule has 0 unspecified atom stereocenters. The Morgan fingerprint density at radius 3 is 2.16 bits per heavy atom. The molecule has 1 heterocycles. The number of amides is 1. The Balaban J connectivity index is 0.000000638. The molecule has 1 amide bonds. The van der Waals surface area contributed by atoms with Crippen LogP contribution in [0.1, 0.15) is 37.7 Å². The number of benzene rings is 2. The summed E-state index contributed by atoms with van der Waals surface area (Å²) in [5.74, 6) is -2.75. The zero-order valence-corrected chi connectivity index (χ0v) is 20.9. The van der Waals surface area contributed by atoms with E-state index < -0.39 is 18.1 Å². The number of ether oxygens (including phenoxy) is 1. The van der Waals surface area contributed by atoms with Crippen LogP contribution in [0.2, 0.25) is 0 Å². The van der Waals surface area contributed by atoms with E-state index in [2.05, 4.69) is 10.5 Å². The molecule has 0 atom stereocenters. The van der Waals surface area contributed by atoms with Crippen LogP contribution in [-0.2, 0) is 11.2 Å². The molecule has 0 aliphatic rings. The summed E-state index contributed by atoms with van der Waals surface area (Å²) in [5, 5.41) is 23.5. The maximum atomic E-state index is 12.5. The number of halogens is 3. The number of carbonyl (C=O) groups is 3. The third-order valence-corrected chi connectivity index (χ3v) is 5.37. The molecule has 1 aromatic heterocycles. The van der Waals surface area contributed by atoms with E-state index in [4.69, 9.17) is 19.2 Å². The number of carboxylic acids is 2. The Bertz CT molecular complexity index is 1270. The molecule has 0 saturated heterocycles. The quantitative estimate of drug-likeness (QED) is 0.377. The zero-order chi connectivity index (χ0) is 28.6. The summed E-state index contributed by atoms with van der Waals surface area (Å²) >= 11 is 0. The van der Waals surface area contributed by atoms with Gasteiger partial charge in [-0.2, -0.15) is 13.2 Å². The summed E-state index contributed by atoms with van der Waals surface area (Å²) in [6.45, 7) is 4.33. The van der Waals surface area contributed by atoms with Crippen molar-refractivity contribution in [2.45, 2.75) is 26.4 Å². The highest BCUT2D eigenvalue weighted by molar-refractivity contribution is 6.05. The van der Waals surface area contributed by atoms with E-state index in [1.165, 1.54) is 6.07 Å². The number of nitrogens with one attached hydrogen (secondary N) is 1. The molecule has 0 saturated carbocycles. The molecule has 0 fully saturated rings. The molecule has 3 aromatic rings. The minimum absolute atomic E-state index is 0.105. The molecule has 13 heteroatoms. The normalized spacial score (nSPS) is 10.7. The van der Waals surface area contributed by atoms with Crippen LogP contribution in [0.25, 0.3) is 0 Å². The lowest BCUT2D eigenvalue weighted by atomic mass is 10.1. The average molecular weight is 537 g/mol. The molecule has 3 N–H and O–H groups in total. The van der Waals surface area contributed by atoms with Crippen molar-refractivity contribution < 1.29 is 47.0 Å². The van der Waals surface area contributed by atoms with Gasteiger partial charge in [0.2, 0.25) is 0 Å². The number of hydrogen-bond acceptors (Lipinski definition) is 7. The number of nitrogens with zero attached hydrogens (tertiary/aromatic N) is 2. The molecule has 38 heavy (non-hydrogen) atoms. The van der Waals surface area contributed by atoms with Gasteiger partial charge in [-0.15, -0.1) is 0 Å². The van der Waals surface area contributed by atoms with Gasteiger partial charge in [0.05, 0.1) is 24.1 Å². The first-order valence-corrected chi connectivity index (χ1v) is 11.0. The van der Waals surface area contributed by atoms with Crippen LogP contribution in [0, 0.1) is 13.8 Å². The van der Waals surface area contributed by atoms with E-state index in [0.717, 1.165) is 17.0 Å². The van der Waals surface area contributed by atoms with Crippen molar-refractivity contribution in [2.24, 2.45) is 0 Å². The van der Waals surface area contributed by atoms with Gasteiger partial charge in [0.1, 0.15) is 11.5 Å². The number of carbonyl (C=O) groups excluding carboxylic acids is 1. The van der Waals surface area contributed by atoms with Crippen LogP contribution in [0.15, 0.2) is 47.0 Å². The second-order valence-corrected chi connectivity index (χ2v) is 8.00. The highest BCUT2D eigenvalue weighted by atomic mass is 19.4. The van der Waals surface area contributed by atoms with Crippen LogP contribution >= 0.6 is 0 Å². The van der Waals surface area contributed by atoms with Gasteiger partial charge in [-0.05, 0) is 62.7 Å². The summed E-state index contributed by atoms with van der Waals surface area (Å²) in [6, 6.07) is 11.5. The average Bonchev–Trinajstić information content (AvgIpc) is 3.19. The Kier molecular flexibility index (Phi) is 9.85. The minimum Gasteiger partial charge on any atom is -0.497 e. The van der Waals surface area contributed by atoms with Crippen LogP contribution in [-0.4, -0.2) is 60.1 Å². The summed E-state index contributed by atoms with van der Waals surface area (Å²) in [6.07, 6.45) is -4.41. The molecule has 3 rings (SSSR count). The van der Waals surface area contributed by atoms with Crippen molar-refractivity contribution in [2.75, 3.05) is 30.9 Å². The standard InChI is InChI=1S/C23H25N3O5.C2HF3O2/c1-14-19(15(2)31-25-14)11-12-26(3)21-10-7-17(13-20(21)23(28)29)24-22(27)16-5-8-18(30-4)9-6-16;3-2(4,5)1(6)7/h5-10,13H,11-12H2,1-4H3,(H,24,27)(H,28,29);(H,6,7). The minimum atomic E-state index is -5.08. The summed E-state index contributed by atoms with van der Waals surface area (Å²) in [5.41, 5.74) is 3.36. The van der Waals surface area contributed by atoms with Crippen molar-refractivity contribution in [1.29, 1.82) is 0 Å². The predicted octanol–water partition coefficient (Wildman–Crippen LogP) is 4.56. The topological polar surface area (TPSA) is 142 Å². The maximum Gasteiger partial charge on any atom is 0.490 e. The van der Waals surface area contributed by atoms with Gasteiger partial charge in [0, 0.05) is 30.4 Å². The highest BCUT2D eigenvalue weighted by Gasteiger charge is 2.38. The summed E-state index contributed by atoms with van der Waals surface area (Å²) < 4.78 is 42.0. The predicted molar refractivity (Wildman–Crippen MR) is 131 cm³/mol. The van der Waals surface area contributed by atoms with E-state index in [-0.39, 0.29) is 11.5 Å². The van der Waals surface area contributed by atoms with Crippen LogP contribution in [0.3, 0.4) is 0 Å². The lowest BCUT2D eigenvalue weighted by Crippen LogP contribution is -2.23. The van der Waals surface area contributed by atoms with Gasteiger partial charge >= 0.3 is 18.1 Å². The Hall–Kier alpha value is -4.55. The van der Waals surface area contributed by atoms with Crippen molar-refractivity contribution in [1.82, 2.24) is 5.16 Å². The molecule has 0 spiro atoms. The zero-order valence-electron chi connectivity index (χ0n) is 20.9. The van der Waals surface area contributed by atoms with E-state index in [1.807, 2.05) is 25.8 Å². The number of hydrogen-bond donors (Lipinski definition) is 3. The van der Waals surface area contributed by atoms with Crippen molar-refractivity contribution in [3.8, 4) is 5.75 Å². The molecule has 0 aliphatic heterocycles. The molecule has 0 aliphatic carbocycles. The van der Waals surface area contributed by atoms with Crippen molar-refractivity contribution >= 4 is 29.2 Å². The number of aromatic carboxylic acids is 1. The highest BCUT2D eigenvalue weighted by Crippen LogP contribution is 2.25.